The maximum Gasteiger partial charge on any atom is 0.233 e. The second-order valence-electron chi connectivity index (χ2n) is 8.53. The van der Waals surface area contributed by atoms with E-state index in [1.54, 1.807) is 11.8 Å². The highest BCUT2D eigenvalue weighted by atomic mass is 32.2. The summed E-state index contributed by atoms with van der Waals surface area (Å²) < 4.78 is 0. The van der Waals surface area contributed by atoms with Gasteiger partial charge in [0.2, 0.25) is 5.91 Å². The molecule has 23 heavy (non-hydrogen) atoms. The number of carbonyl (C=O) groups is 1. The molecule has 0 saturated heterocycles. The Balaban J connectivity index is 2.81. The fraction of sp³-hybridized carbons (Fsp3) is 0.650. The Morgan fingerprint density at radius 2 is 1.57 bits per heavy atom. The maximum atomic E-state index is 12.2. The molecule has 1 aromatic rings. The largest absolute Gasteiger partial charge is 0.351 e. The van der Waals surface area contributed by atoms with Gasteiger partial charge in [-0.15, -0.1) is 11.8 Å². The normalized spacial score (nSPS) is 13.8. The minimum atomic E-state index is -0.175. The molecule has 0 bridgehead atoms. The van der Waals surface area contributed by atoms with Crippen LogP contribution in [0.4, 0.5) is 0 Å². The van der Waals surface area contributed by atoms with Crippen molar-refractivity contribution in [1.29, 1.82) is 0 Å². The molecule has 1 amide bonds. The molecule has 1 aromatic carbocycles. The summed E-state index contributed by atoms with van der Waals surface area (Å²) in [6, 6.07) is 4.59. The molecule has 0 heterocycles. The number of amides is 1. The van der Waals surface area contributed by atoms with Crippen LogP contribution in [0.25, 0.3) is 0 Å². The molecule has 2 nitrogen and oxygen atoms in total. The third-order valence-electron chi connectivity index (χ3n) is 3.91. The van der Waals surface area contributed by atoms with E-state index in [9.17, 15) is 4.79 Å². The van der Waals surface area contributed by atoms with Crippen LogP contribution >= 0.6 is 11.8 Å². The smallest absolute Gasteiger partial charge is 0.233 e. The van der Waals surface area contributed by atoms with Gasteiger partial charge in [-0.3, -0.25) is 4.79 Å². The van der Waals surface area contributed by atoms with Crippen LogP contribution in [-0.4, -0.2) is 16.7 Å². The van der Waals surface area contributed by atoms with Crippen molar-refractivity contribution in [2.45, 2.75) is 84.3 Å². The molecule has 130 valence electrons. The van der Waals surface area contributed by atoms with Gasteiger partial charge in [-0.2, -0.15) is 0 Å². The minimum Gasteiger partial charge on any atom is -0.351 e. The van der Waals surface area contributed by atoms with E-state index in [1.165, 1.54) is 22.3 Å². The first-order valence-corrected chi connectivity index (χ1v) is 9.40. The summed E-state index contributed by atoms with van der Waals surface area (Å²) in [4.78, 5) is 12.2. The van der Waals surface area contributed by atoms with E-state index in [4.69, 9.17) is 0 Å². The predicted octanol–water partition coefficient (Wildman–Crippen LogP) is 5.14. The highest BCUT2D eigenvalue weighted by Gasteiger charge is 2.21. The fourth-order valence-electron chi connectivity index (χ4n) is 2.41. The summed E-state index contributed by atoms with van der Waals surface area (Å²) in [6.45, 7) is 19.1. The third-order valence-corrected chi connectivity index (χ3v) is 5.08. The molecule has 0 spiro atoms. The van der Waals surface area contributed by atoms with E-state index in [0.29, 0.717) is 0 Å². The third kappa shape index (κ3) is 6.21. The van der Waals surface area contributed by atoms with Gasteiger partial charge in [-0.05, 0) is 69.2 Å². The highest BCUT2D eigenvalue weighted by Crippen LogP contribution is 2.29. The molecule has 0 aromatic heterocycles. The Bertz CT molecular complexity index is 541. The molecule has 1 atom stereocenters. The zero-order valence-electron chi connectivity index (χ0n) is 16.3. The molecule has 1 unspecified atom stereocenters. The lowest BCUT2D eigenvalue weighted by Gasteiger charge is -2.24. The van der Waals surface area contributed by atoms with Gasteiger partial charge < -0.3 is 5.32 Å². The number of aryl methyl sites for hydroxylation is 2. The Morgan fingerprint density at radius 3 is 1.96 bits per heavy atom. The van der Waals surface area contributed by atoms with Crippen LogP contribution in [0.15, 0.2) is 12.1 Å². The fourth-order valence-corrected chi connectivity index (χ4v) is 3.49. The van der Waals surface area contributed by atoms with Gasteiger partial charge in [0.25, 0.3) is 0 Å². The molecule has 0 radical (unpaired) electrons. The van der Waals surface area contributed by atoms with E-state index in [-0.39, 0.29) is 22.1 Å². The van der Waals surface area contributed by atoms with E-state index in [2.05, 4.69) is 52.1 Å². The number of benzene rings is 1. The molecular weight excluding hydrogens is 302 g/mol. The van der Waals surface area contributed by atoms with Crippen molar-refractivity contribution in [1.82, 2.24) is 5.32 Å². The van der Waals surface area contributed by atoms with Crippen LogP contribution < -0.4 is 5.32 Å². The minimum absolute atomic E-state index is 0.0460. The van der Waals surface area contributed by atoms with E-state index in [1.807, 2.05) is 27.7 Å². The molecule has 3 heteroatoms. The van der Waals surface area contributed by atoms with Crippen molar-refractivity contribution in [3.8, 4) is 0 Å². The Kier molecular flexibility index (Phi) is 6.37. The van der Waals surface area contributed by atoms with Gasteiger partial charge in [-0.1, -0.05) is 32.9 Å². The second-order valence-corrected chi connectivity index (χ2v) is 9.86. The Labute approximate surface area is 146 Å². The van der Waals surface area contributed by atoms with Gasteiger partial charge in [0.05, 0.1) is 5.25 Å². The summed E-state index contributed by atoms with van der Waals surface area (Å²) in [7, 11) is 0. The average molecular weight is 336 g/mol. The van der Waals surface area contributed by atoms with E-state index in [0.717, 1.165) is 5.75 Å². The lowest BCUT2D eigenvalue weighted by Crippen LogP contribution is -2.44. The summed E-state index contributed by atoms with van der Waals surface area (Å²) in [6.07, 6.45) is 0. The van der Waals surface area contributed by atoms with Gasteiger partial charge in [0, 0.05) is 11.3 Å². The van der Waals surface area contributed by atoms with Crippen molar-refractivity contribution in [3.63, 3.8) is 0 Å². The van der Waals surface area contributed by atoms with Crippen molar-refractivity contribution >= 4 is 17.7 Å². The van der Waals surface area contributed by atoms with Crippen LogP contribution in [-0.2, 0) is 16.0 Å². The number of hydrogen-bond acceptors (Lipinski definition) is 2. The van der Waals surface area contributed by atoms with Gasteiger partial charge in [0.1, 0.15) is 0 Å². The van der Waals surface area contributed by atoms with Crippen LogP contribution in [0.5, 0.6) is 0 Å². The zero-order valence-corrected chi connectivity index (χ0v) is 17.1. The van der Waals surface area contributed by atoms with Crippen molar-refractivity contribution in [3.05, 3.63) is 34.4 Å². The molecule has 1 N–H and O–H groups in total. The second kappa shape index (κ2) is 7.29. The summed E-state index contributed by atoms with van der Waals surface area (Å²) >= 11 is 1.71. The number of nitrogens with one attached hydrogen (secondary N) is 1. The number of rotatable bonds is 4. The zero-order chi connectivity index (χ0) is 18.0. The van der Waals surface area contributed by atoms with E-state index < -0.39 is 0 Å². The standard InChI is InChI=1S/C20H33NOS/c1-13-10-16(19(4,5)6)11-14(2)17(13)12-23-15(3)18(22)21-20(7,8)9/h10-11,15H,12H2,1-9H3,(H,21,22). The monoisotopic (exact) mass is 335 g/mol. The first-order valence-electron chi connectivity index (χ1n) is 8.35. The average Bonchev–Trinajstić information content (AvgIpc) is 2.33. The molecule has 1 rings (SSSR count). The van der Waals surface area contributed by atoms with Crippen molar-refractivity contribution in [2.24, 2.45) is 0 Å². The quantitative estimate of drug-likeness (QED) is 0.825. The van der Waals surface area contributed by atoms with Crippen LogP contribution in [0.2, 0.25) is 0 Å². The number of thioether (sulfide) groups is 1. The predicted molar refractivity (Wildman–Crippen MR) is 103 cm³/mol. The van der Waals surface area contributed by atoms with Gasteiger partial charge in [0.15, 0.2) is 0 Å². The number of carbonyl (C=O) groups excluding carboxylic acids is 1. The van der Waals surface area contributed by atoms with Gasteiger partial charge >= 0.3 is 0 Å². The molecule has 0 aliphatic rings. The highest BCUT2D eigenvalue weighted by molar-refractivity contribution is 7.99. The molecule has 0 fully saturated rings. The molecular formula is C20H33NOS. The number of hydrogen-bond donors (Lipinski definition) is 1. The lowest BCUT2D eigenvalue weighted by atomic mass is 9.84. The lowest BCUT2D eigenvalue weighted by molar-refractivity contribution is -0.121. The Morgan fingerprint density at radius 1 is 1.09 bits per heavy atom. The summed E-state index contributed by atoms with van der Waals surface area (Å²) in [5.41, 5.74) is 5.38. The van der Waals surface area contributed by atoms with Crippen LogP contribution in [0, 0.1) is 13.8 Å². The van der Waals surface area contributed by atoms with E-state index >= 15 is 0 Å². The van der Waals surface area contributed by atoms with Crippen molar-refractivity contribution < 1.29 is 4.79 Å². The maximum absolute atomic E-state index is 12.2. The van der Waals surface area contributed by atoms with Crippen molar-refractivity contribution in [2.75, 3.05) is 0 Å². The summed E-state index contributed by atoms with van der Waals surface area (Å²) in [5.74, 6) is 0.991. The first kappa shape index (κ1) is 20.1. The topological polar surface area (TPSA) is 29.1 Å². The SMILES string of the molecule is Cc1cc(C(C)(C)C)cc(C)c1CSC(C)C(=O)NC(C)(C)C. The molecule has 0 aliphatic heterocycles. The molecule has 0 saturated carbocycles. The Hall–Kier alpha value is -0.960. The first-order chi connectivity index (χ1) is 10.3. The van der Waals surface area contributed by atoms with Crippen LogP contribution in [0.3, 0.4) is 0 Å². The summed E-state index contributed by atoms with van der Waals surface area (Å²) in [5, 5.41) is 3.01. The van der Waals surface area contributed by atoms with Gasteiger partial charge in [-0.25, -0.2) is 0 Å². The van der Waals surface area contributed by atoms with Crippen LogP contribution in [0.1, 0.15) is 70.7 Å². The molecule has 0 aliphatic carbocycles.